The van der Waals surface area contributed by atoms with Gasteiger partial charge >= 0.3 is 6.09 Å². The summed E-state index contributed by atoms with van der Waals surface area (Å²) in [7, 11) is 0. The molecule has 170 valence electrons. The zero-order chi connectivity index (χ0) is 23.4. The van der Waals surface area contributed by atoms with E-state index in [1.165, 1.54) is 4.90 Å². The molecule has 2 atom stereocenters. The molecule has 2 aromatic carbocycles. The van der Waals surface area contributed by atoms with Crippen LogP contribution in [0.4, 0.5) is 10.5 Å². The number of nitrogens with zero attached hydrogens (tertiary/aromatic N) is 1. The van der Waals surface area contributed by atoms with Gasteiger partial charge in [0, 0.05) is 34.9 Å². The second-order valence-electron chi connectivity index (χ2n) is 7.84. The minimum absolute atomic E-state index is 0.167. The minimum atomic E-state index is -1.20. The number of likely N-dealkylation sites (tertiary alicyclic amines) is 1. The summed E-state index contributed by atoms with van der Waals surface area (Å²) in [6, 6.07) is 16.7. The molecule has 9 heteroatoms. The van der Waals surface area contributed by atoms with Gasteiger partial charge in [-0.15, -0.1) is 0 Å². The smallest absolute Gasteiger partial charge is 0.404 e. The van der Waals surface area contributed by atoms with Crippen molar-refractivity contribution in [3.63, 3.8) is 0 Å². The Morgan fingerprint density at radius 2 is 1.82 bits per heavy atom. The molecule has 0 spiro atoms. The van der Waals surface area contributed by atoms with Crippen molar-refractivity contribution in [3.05, 3.63) is 77.5 Å². The van der Waals surface area contributed by atoms with Crippen LogP contribution >= 0.6 is 11.6 Å². The zero-order valence-electron chi connectivity index (χ0n) is 17.5. The number of piperidine rings is 1. The van der Waals surface area contributed by atoms with E-state index in [1.807, 2.05) is 6.07 Å². The van der Waals surface area contributed by atoms with E-state index < -0.39 is 18.1 Å². The Labute approximate surface area is 195 Å². The quantitative estimate of drug-likeness (QED) is 0.517. The molecule has 8 nitrogen and oxygen atoms in total. The molecule has 0 bridgehead atoms. The van der Waals surface area contributed by atoms with Crippen LogP contribution in [-0.2, 0) is 4.79 Å². The molecule has 0 radical (unpaired) electrons. The number of rotatable bonds is 5. The topological polar surface area (TPSA) is 112 Å². The number of carboxylic acid groups (broad SMARTS) is 1. The number of amides is 3. The fourth-order valence-corrected chi connectivity index (χ4v) is 4.07. The van der Waals surface area contributed by atoms with Gasteiger partial charge in [-0.3, -0.25) is 9.59 Å². The number of halogens is 1. The third kappa shape index (κ3) is 5.53. The predicted molar refractivity (Wildman–Crippen MR) is 123 cm³/mol. The van der Waals surface area contributed by atoms with Gasteiger partial charge in [0.05, 0.1) is 18.2 Å². The SMILES string of the molecule is O=C(O)NC1CC(C(=O)Nc2ccc(Cl)cc2)CN(C(=O)c2cccc(-c3ccco3)c2)C1. The van der Waals surface area contributed by atoms with Crippen LogP contribution in [0.15, 0.2) is 71.3 Å². The molecule has 4 rings (SSSR count). The molecule has 1 saturated heterocycles. The molecule has 0 aliphatic carbocycles. The summed E-state index contributed by atoms with van der Waals surface area (Å²) in [5, 5.41) is 15.0. The molecule has 1 fully saturated rings. The Hall–Kier alpha value is -3.78. The minimum Gasteiger partial charge on any atom is -0.465 e. The third-order valence-corrected chi connectivity index (χ3v) is 5.72. The van der Waals surface area contributed by atoms with E-state index in [0.29, 0.717) is 22.0 Å². The maximum absolute atomic E-state index is 13.3. The van der Waals surface area contributed by atoms with Crippen molar-refractivity contribution < 1.29 is 23.9 Å². The lowest BCUT2D eigenvalue weighted by Gasteiger charge is -2.37. The maximum atomic E-state index is 13.3. The highest BCUT2D eigenvalue weighted by molar-refractivity contribution is 6.30. The summed E-state index contributed by atoms with van der Waals surface area (Å²) in [5.74, 6) is -0.543. The van der Waals surface area contributed by atoms with Crippen LogP contribution in [0.1, 0.15) is 16.8 Å². The number of nitrogens with one attached hydrogen (secondary N) is 2. The highest BCUT2D eigenvalue weighted by atomic mass is 35.5. The number of anilines is 1. The monoisotopic (exact) mass is 467 g/mol. The molecule has 1 aliphatic rings. The lowest BCUT2D eigenvalue weighted by molar-refractivity contribution is -0.121. The van der Waals surface area contributed by atoms with Gasteiger partial charge in [-0.25, -0.2) is 4.79 Å². The molecule has 1 aromatic heterocycles. The van der Waals surface area contributed by atoms with Crippen LogP contribution in [0.2, 0.25) is 5.02 Å². The van der Waals surface area contributed by atoms with E-state index in [0.717, 1.165) is 5.56 Å². The maximum Gasteiger partial charge on any atom is 0.404 e. The molecule has 3 N–H and O–H groups in total. The molecular weight excluding hydrogens is 446 g/mol. The predicted octanol–water partition coefficient (Wildman–Crippen LogP) is 4.34. The number of hydrogen-bond donors (Lipinski definition) is 3. The average Bonchev–Trinajstić information content (AvgIpc) is 3.34. The number of furan rings is 1. The number of carbonyl (C=O) groups is 3. The van der Waals surface area contributed by atoms with E-state index in [-0.39, 0.29) is 31.3 Å². The van der Waals surface area contributed by atoms with Crippen molar-refractivity contribution >= 4 is 35.2 Å². The van der Waals surface area contributed by atoms with Crippen LogP contribution in [0.25, 0.3) is 11.3 Å². The summed E-state index contributed by atoms with van der Waals surface area (Å²) in [5.41, 5.74) is 1.75. The van der Waals surface area contributed by atoms with Crippen LogP contribution in [0, 0.1) is 5.92 Å². The van der Waals surface area contributed by atoms with Crippen LogP contribution < -0.4 is 10.6 Å². The molecule has 2 unspecified atom stereocenters. The van der Waals surface area contributed by atoms with Gasteiger partial charge in [-0.05, 0) is 55.0 Å². The van der Waals surface area contributed by atoms with E-state index in [4.69, 9.17) is 16.0 Å². The Kier molecular flexibility index (Phi) is 6.65. The Balaban J connectivity index is 1.53. The first-order chi connectivity index (χ1) is 15.9. The molecule has 3 aromatic rings. The van der Waals surface area contributed by atoms with Gasteiger partial charge < -0.3 is 25.1 Å². The fourth-order valence-electron chi connectivity index (χ4n) is 3.94. The van der Waals surface area contributed by atoms with E-state index in [1.54, 1.807) is 60.9 Å². The van der Waals surface area contributed by atoms with Crippen molar-refractivity contribution in [2.24, 2.45) is 5.92 Å². The van der Waals surface area contributed by atoms with Crippen molar-refractivity contribution in [1.82, 2.24) is 10.2 Å². The molecule has 33 heavy (non-hydrogen) atoms. The van der Waals surface area contributed by atoms with Gasteiger partial charge in [0.2, 0.25) is 5.91 Å². The summed E-state index contributed by atoms with van der Waals surface area (Å²) in [4.78, 5) is 39.0. The third-order valence-electron chi connectivity index (χ3n) is 5.46. The van der Waals surface area contributed by atoms with Gasteiger partial charge in [0.15, 0.2) is 0 Å². The van der Waals surface area contributed by atoms with Gasteiger partial charge in [-0.2, -0.15) is 0 Å². The molecule has 2 heterocycles. The Morgan fingerprint density at radius 3 is 2.52 bits per heavy atom. The first-order valence-electron chi connectivity index (χ1n) is 10.4. The van der Waals surface area contributed by atoms with Crippen LogP contribution in [0.3, 0.4) is 0 Å². The zero-order valence-corrected chi connectivity index (χ0v) is 18.3. The van der Waals surface area contributed by atoms with E-state index in [9.17, 15) is 19.5 Å². The first kappa shape index (κ1) is 22.4. The number of hydrogen-bond acceptors (Lipinski definition) is 4. The summed E-state index contributed by atoms with van der Waals surface area (Å²) in [6.45, 7) is 0.335. The van der Waals surface area contributed by atoms with E-state index in [2.05, 4.69) is 10.6 Å². The van der Waals surface area contributed by atoms with Gasteiger partial charge in [0.1, 0.15) is 5.76 Å². The standard InChI is InChI=1S/C24H22ClN3O5/c25-18-6-8-19(9-7-18)26-22(29)17-12-20(27-24(31)32)14-28(13-17)23(30)16-4-1-3-15(11-16)21-5-2-10-33-21/h1-11,17,20,27H,12-14H2,(H,26,29)(H,31,32). The van der Waals surface area contributed by atoms with Gasteiger partial charge in [0.25, 0.3) is 5.91 Å². The second kappa shape index (κ2) is 9.79. The Morgan fingerprint density at radius 1 is 1.03 bits per heavy atom. The first-order valence-corrected chi connectivity index (χ1v) is 10.8. The summed E-state index contributed by atoms with van der Waals surface area (Å²) in [6.07, 6.45) is 0.633. The molecule has 1 aliphatic heterocycles. The second-order valence-corrected chi connectivity index (χ2v) is 8.28. The normalized spacial score (nSPS) is 17.9. The summed E-state index contributed by atoms with van der Waals surface area (Å²) < 4.78 is 5.41. The molecular formula is C24H22ClN3O5. The Bertz CT molecular complexity index is 1150. The fraction of sp³-hybridized carbons (Fsp3) is 0.208. The molecule has 3 amide bonds. The highest BCUT2D eigenvalue weighted by Crippen LogP contribution is 2.25. The largest absolute Gasteiger partial charge is 0.465 e. The van der Waals surface area contributed by atoms with Crippen LogP contribution in [0.5, 0.6) is 0 Å². The van der Waals surface area contributed by atoms with Crippen molar-refractivity contribution in [2.75, 3.05) is 18.4 Å². The lowest BCUT2D eigenvalue weighted by Crippen LogP contribution is -2.54. The lowest BCUT2D eigenvalue weighted by atomic mass is 9.92. The summed E-state index contributed by atoms with van der Waals surface area (Å²) >= 11 is 5.89. The van der Waals surface area contributed by atoms with Crippen molar-refractivity contribution in [2.45, 2.75) is 12.5 Å². The number of benzene rings is 2. The van der Waals surface area contributed by atoms with Crippen LogP contribution in [-0.4, -0.2) is 47.0 Å². The highest BCUT2D eigenvalue weighted by Gasteiger charge is 2.35. The van der Waals surface area contributed by atoms with Crippen molar-refractivity contribution in [3.8, 4) is 11.3 Å². The average molecular weight is 468 g/mol. The molecule has 0 saturated carbocycles. The number of carbonyl (C=O) groups excluding carboxylic acids is 2. The van der Waals surface area contributed by atoms with Crippen molar-refractivity contribution in [1.29, 1.82) is 0 Å². The van der Waals surface area contributed by atoms with Gasteiger partial charge in [-0.1, -0.05) is 23.7 Å². The van der Waals surface area contributed by atoms with E-state index >= 15 is 0 Å².